The molecule has 0 radical (unpaired) electrons. The van der Waals surface area contributed by atoms with Gasteiger partial charge in [-0.05, 0) is 25.0 Å². The van der Waals surface area contributed by atoms with Gasteiger partial charge in [0.05, 0.1) is 18.6 Å². The SMILES string of the molecule is CCOC(=O)c1cccc2c1OB(O)[C@@H](NC(=O)CCC#N)C2. The topological polar surface area (TPSA) is 109 Å². The first-order chi connectivity index (χ1) is 11.1. The van der Waals surface area contributed by atoms with E-state index in [1.54, 1.807) is 25.1 Å². The zero-order chi connectivity index (χ0) is 16.8. The van der Waals surface area contributed by atoms with Crippen LogP contribution in [0.2, 0.25) is 0 Å². The molecule has 0 saturated heterocycles. The quantitative estimate of drug-likeness (QED) is 0.608. The minimum absolute atomic E-state index is 0.0649. The fourth-order valence-electron chi connectivity index (χ4n) is 2.37. The van der Waals surface area contributed by atoms with Gasteiger partial charge in [0.25, 0.3) is 0 Å². The summed E-state index contributed by atoms with van der Waals surface area (Å²) >= 11 is 0. The molecule has 1 heterocycles. The lowest BCUT2D eigenvalue weighted by atomic mass is 9.72. The summed E-state index contributed by atoms with van der Waals surface area (Å²) in [6.45, 7) is 1.94. The Hall–Kier alpha value is -2.53. The van der Waals surface area contributed by atoms with Gasteiger partial charge in [-0.1, -0.05) is 12.1 Å². The van der Waals surface area contributed by atoms with E-state index in [2.05, 4.69) is 5.32 Å². The molecule has 2 N–H and O–H groups in total. The average Bonchev–Trinajstić information content (AvgIpc) is 2.53. The zero-order valence-electron chi connectivity index (χ0n) is 12.7. The molecule has 23 heavy (non-hydrogen) atoms. The highest BCUT2D eigenvalue weighted by Gasteiger charge is 2.37. The number of nitriles is 1. The highest BCUT2D eigenvalue weighted by atomic mass is 16.5. The van der Waals surface area contributed by atoms with Crippen LogP contribution in [0.4, 0.5) is 0 Å². The van der Waals surface area contributed by atoms with Crippen LogP contribution in [0.3, 0.4) is 0 Å². The van der Waals surface area contributed by atoms with Crippen LogP contribution in [0, 0.1) is 11.3 Å². The normalized spacial score (nSPS) is 15.9. The lowest BCUT2D eigenvalue weighted by molar-refractivity contribution is -0.121. The van der Waals surface area contributed by atoms with E-state index >= 15 is 0 Å². The number of hydrogen-bond acceptors (Lipinski definition) is 6. The highest BCUT2D eigenvalue weighted by molar-refractivity contribution is 6.47. The van der Waals surface area contributed by atoms with Crippen molar-refractivity contribution >= 4 is 19.0 Å². The van der Waals surface area contributed by atoms with E-state index in [1.807, 2.05) is 6.07 Å². The van der Waals surface area contributed by atoms with Gasteiger partial charge in [-0.3, -0.25) is 4.79 Å². The van der Waals surface area contributed by atoms with Gasteiger partial charge in [0.15, 0.2) is 0 Å². The Morgan fingerprint density at radius 2 is 2.35 bits per heavy atom. The molecular weight excluding hydrogens is 299 g/mol. The summed E-state index contributed by atoms with van der Waals surface area (Å²) in [5.41, 5.74) is 0.948. The van der Waals surface area contributed by atoms with Crippen LogP contribution >= 0.6 is 0 Å². The minimum atomic E-state index is -1.27. The third-order valence-electron chi connectivity index (χ3n) is 3.42. The molecule has 1 aliphatic heterocycles. The number of carbonyl (C=O) groups excluding carboxylic acids is 2. The molecule has 0 fully saturated rings. The van der Waals surface area contributed by atoms with E-state index in [4.69, 9.17) is 14.7 Å². The molecule has 0 aromatic heterocycles. The van der Waals surface area contributed by atoms with Crippen LogP contribution in [0.1, 0.15) is 35.7 Å². The molecule has 8 heteroatoms. The fraction of sp³-hybridized carbons (Fsp3) is 0.400. The first-order valence-corrected chi connectivity index (χ1v) is 7.36. The van der Waals surface area contributed by atoms with Crippen molar-refractivity contribution in [1.82, 2.24) is 5.32 Å². The summed E-state index contributed by atoms with van der Waals surface area (Å²) in [5, 5.41) is 21.2. The molecule has 120 valence electrons. The number of esters is 1. The van der Waals surface area contributed by atoms with Gasteiger partial charge in [-0.25, -0.2) is 4.79 Å². The van der Waals surface area contributed by atoms with Crippen LogP contribution < -0.4 is 9.97 Å². The zero-order valence-corrected chi connectivity index (χ0v) is 12.7. The number of carbonyl (C=O) groups is 2. The van der Waals surface area contributed by atoms with Crippen LogP contribution in [-0.4, -0.2) is 36.6 Å². The third-order valence-corrected chi connectivity index (χ3v) is 3.42. The molecule has 1 aromatic carbocycles. The number of rotatable bonds is 5. The standard InChI is InChI=1S/C15H17BN2O5/c1-2-22-15(20)11-6-3-5-10-9-12(16(21)23-14(10)11)18-13(19)7-4-8-17/h3,5-6,12,21H,2,4,7,9H2,1H3,(H,18,19)/t12-/m0/s1. The van der Waals surface area contributed by atoms with Crippen molar-refractivity contribution in [2.24, 2.45) is 0 Å². The summed E-state index contributed by atoms with van der Waals surface area (Å²) in [7, 11) is -1.27. The summed E-state index contributed by atoms with van der Waals surface area (Å²) in [5.74, 6) is -1.20. The number of para-hydroxylation sites is 1. The Bertz CT molecular complexity index is 643. The molecule has 1 amide bonds. The van der Waals surface area contributed by atoms with Crippen molar-refractivity contribution in [3.63, 3.8) is 0 Å². The second-order valence-electron chi connectivity index (χ2n) is 5.06. The van der Waals surface area contributed by atoms with Crippen LogP contribution in [0.15, 0.2) is 18.2 Å². The van der Waals surface area contributed by atoms with Gasteiger partial charge >= 0.3 is 13.1 Å². The van der Waals surface area contributed by atoms with E-state index in [-0.39, 0.29) is 36.7 Å². The molecular formula is C15H17BN2O5. The first kappa shape index (κ1) is 16.8. The van der Waals surface area contributed by atoms with Gasteiger partial charge in [0.2, 0.25) is 5.91 Å². The fourth-order valence-corrected chi connectivity index (χ4v) is 2.37. The molecule has 1 atom stereocenters. The number of hydrogen-bond donors (Lipinski definition) is 2. The van der Waals surface area contributed by atoms with Crippen molar-refractivity contribution in [2.75, 3.05) is 6.61 Å². The number of ether oxygens (including phenoxy) is 1. The Morgan fingerprint density at radius 3 is 3.04 bits per heavy atom. The van der Waals surface area contributed by atoms with Crippen LogP contribution in [0.5, 0.6) is 5.75 Å². The molecule has 1 aliphatic rings. The molecule has 0 bridgehead atoms. The summed E-state index contributed by atoms with van der Waals surface area (Å²) in [6.07, 6.45) is 0.497. The molecule has 1 aromatic rings. The molecule has 0 saturated carbocycles. The monoisotopic (exact) mass is 316 g/mol. The first-order valence-electron chi connectivity index (χ1n) is 7.36. The molecule has 0 unspecified atom stereocenters. The second-order valence-corrected chi connectivity index (χ2v) is 5.06. The lowest BCUT2D eigenvalue weighted by Gasteiger charge is -2.29. The smallest absolute Gasteiger partial charge is 0.534 e. The van der Waals surface area contributed by atoms with E-state index in [0.717, 1.165) is 0 Å². The highest BCUT2D eigenvalue weighted by Crippen LogP contribution is 2.30. The van der Waals surface area contributed by atoms with Gasteiger partial charge in [-0.2, -0.15) is 5.26 Å². The second kappa shape index (κ2) is 7.65. The van der Waals surface area contributed by atoms with Crippen molar-refractivity contribution in [3.8, 4) is 11.8 Å². The van der Waals surface area contributed by atoms with Crippen LogP contribution in [0.25, 0.3) is 0 Å². The van der Waals surface area contributed by atoms with Crippen molar-refractivity contribution in [3.05, 3.63) is 29.3 Å². The van der Waals surface area contributed by atoms with Gasteiger partial charge in [0.1, 0.15) is 11.3 Å². The molecule has 0 aliphatic carbocycles. The van der Waals surface area contributed by atoms with E-state index in [0.29, 0.717) is 12.0 Å². The van der Waals surface area contributed by atoms with Crippen molar-refractivity contribution in [2.45, 2.75) is 32.1 Å². The summed E-state index contributed by atoms with van der Waals surface area (Å²) in [6, 6.07) is 6.91. The Labute approximate surface area is 134 Å². The predicted molar refractivity (Wildman–Crippen MR) is 81.5 cm³/mol. The Balaban J connectivity index is 2.14. The van der Waals surface area contributed by atoms with Crippen molar-refractivity contribution in [1.29, 1.82) is 5.26 Å². The van der Waals surface area contributed by atoms with E-state index in [1.165, 1.54) is 0 Å². The largest absolute Gasteiger partial charge is 0.547 e. The lowest BCUT2D eigenvalue weighted by Crippen LogP contribution is -2.53. The molecule has 2 rings (SSSR count). The predicted octanol–water partition coefficient (Wildman–Crippen LogP) is 0.606. The number of nitrogens with zero attached hydrogens (tertiary/aromatic N) is 1. The molecule has 7 nitrogen and oxygen atoms in total. The van der Waals surface area contributed by atoms with E-state index < -0.39 is 19.0 Å². The summed E-state index contributed by atoms with van der Waals surface area (Å²) in [4.78, 5) is 23.6. The third kappa shape index (κ3) is 4.02. The van der Waals surface area contributed by atoms with Crippen molar-refractivity contribution < 1.29 is 24.0 Å². The number of amides is 1. The summed E-state index contributed by atoms with van der Waals surface area (Å²) < 4.78 is 10.4. The van der Waals surface area contributed by atoms with E-state index in [9.17, 15) is 14.6 Å². The number of benzene rings is 1. The van der Waals surface area contributed by atoms with Gasteiger partial charge in [0, 0.05) is 12.8 Å². The number of nitrogens with one attached hydrogen (secondary N) is 1. The average molecular weight is 316 g/mol. The van der Waals surface area contributed by atoms with Gasteiger partial charge in [-0.15, -0.1) is 0 Å². The van der Waals surface area contributed by atoms with Crippen LogP contribution in [-0.2, 0) is 16.0 Å². The minimum Gasteiger partial charge on any atom is -0.534 e. The maximum Gasteiger partial charge on any atom is 0.547 e. The van der Waals surface area contributed by atoms with Gasteiger partial charge < -0.3 is 19.7 Å². The Morgan fingerprint density at radius 1 is 1.57 bits per heavy atom. The maximum absolute atomic E-state index is 11.9. The number of fused-ring (bicyclic) bond motifs is 1. The molecule has 0 spiro atoms. The maximum atomic E-state index is 11.9. The Kier molecular flexibility index (Phi) is 5.60.